The Labute approximate surface area is 167 Å². The average Bonchev–Trinajstić information content (AvgIpc) is 3.03. The Kier molecular flexibility index (Phi) is 5.11. The molecule has 1 aromatic carbocycles. The number of rotatable bonds is 2. The van der Waals surface area contributed by atoms with Gasteiger partial charge in [0.25, 0.3) is 5.91 Å². The monoisotopic (exact) mass is 431 g/mol. The average molecular weight is 431 g/mol. The summed E-state index contributed by atoms with van der Waals surface area (Å²) in [6, 6.07) is 2.70. The summed E-state index contributed by atoms with van der Waals surface area (Å²) in [7, 11) is -4.11. The normalized spacial score (nSPS) is 24.6. The maximum atomic E-state index is 15.4. The van der Waals surface area contributed by atoms with Gasteiger partial charge in [-0.15, -0.1) is 0 Å². The van der Waals surface area contributed by atoms with E-state index in [1.807, 2.05) is 0 Å². The van der Waals surface area contributed by atoms with E-state index < -0.39 is 49.9 Å². The number of hydrogen-bond donors (Lipinski definition) is 1. The van der Waals surface area contributed by atoms with Crippen molar-refractivity contribution < 1.29 is 31.5 Å². The van der Waals surface area contributed by atoms with Gasteiger partial charge >= 0.3 is 6.09 Å². The van der Waals surface area contributed by atoms with Crippen LogP contribution in [-0.2, 0) is 14.8 Å². The molecule has 1 aromatic rings. The van der Waals surface area contributed by atoms with Crippen LogP contribution in [0, 0.1) is 11.7 Å². The van der Waals surface area contributed by atoms with Crippen LogP contribution in [0.1, 0.15) is 31.1 Å². The van der Waals surface area contributed by atoms with Crippen molar-refractivity contribution in [2.24, 2.45) is 11.1 Å². The van der Waals surface area contributed by atoms with Gasteiger partial charge in [-0.2, -0.15) is 0 Å². The van der Waals surface area contributed by atoms with Crippen LogP contribution in [-0.4, -0.2) is 67.7 Å². The van der Waals surface area contributed by atoms with Crippen molar-refractivity contribution in [3.05, 3.63) is 29.6 Å². The van der Waals surface area contributed by atoms with E-state index in [2.05, 4.69) is 0 Å². The first-order valence-electron chi connectivity index (χ1n) is 8.98. The van der Waals surface area contributed by atoms with Crippen molar-refractivity contribution in [2.75, 3.05) is 26.2 Å². The van der Waals surface area contributed by atoms with E-state index in [0.29, 0.717) is 6.07 Å². The molecule has 0 unspecified atom stereocenters. The minimum absolute atomic E-state index is 0.00497. The van der Waals surface area contributed by atoms with Crippen molar-refractivity contribution in [1.82, 2.24) is 9.80 Å². The molecule has 2 aliphatic rings. The third-order valence-electron chi connectivity index (χ3n) is 4.96. The highest BCUT2D eigenvalue weighted by molar-refractivity contribution is 7.89. The fourth-order valence-electron chi connectivity index (χ4n) is 3.63. The molecular formula is C18H23F2N3O5S. The second-order valence-electron chi connectivity index (χ2n) is 8.46. The molecule has 11 heteroatoms. The number of nitrogens with zero attached hydrogens (tertiary/aromatic N) is 2. The number of amides is 2. The summed E-state index contributed by atoms with van der Waals surface area (Å²) in [5.74, 6) is -2.42. The number of hydrogen-bond acceptors (Lipinski definition) is 5. The molecule has 0 aromatic heterocycles. The van der Waals surface area contributed by atoms with Crippen molar-refractivity contribution >= 4 is 22.0 Å². The molecule has 2 fully saturated rings. The zero-order valence-corrected chi connectivity index (χ0v) is 17.1. The first kappa shape index (κ1) is 21.4. The van der Waals surface area contributed by atoms with Crippen LogP contribution >= 0.6 is 0 Å². The van der Waals surface area contributed by atoms with E-state index in [4.69, 9.17) is 9.88 Å². The zero-order valence-electron chi connectivity index (χ0n) is 16.3. The predicted octanol–water partition coefficient (Wildman–Crippen LogP) is 1.50. The van der Waals surface area contributed by atoms with Gasteiger partial charge < -0.3 is 14.5 Å². The lowest BCUT2D eigenvalue weighted by Crippen LogP contribution is -2.41. The van der Waals surface area contributed by atoms with Crippen LogP contribution in [0.2, 0.25) is 0 Å². The van der Waals surface area contributed by atoms with Gasteiger partial charge in [0.05, 0.1) is 23.5 Å². The highest BCUT2D eigenvalue weighted by atomic mass is 32.2. The van der Waals surface area contributed by atoms with Crippen molar-refractivity contribution in [2.45, 2.75) is 36.9 Å². The summed E-state index contributed by atoms with van der Waals surface area (Å²) in [5, 5.41) is 4.95. The van der Waals surface area contributed by atoms with Crippen molar-refractivity contribution in [1.29, 1.82) is 0 Å². The predicted molar refractivity (Wildman–Crippen MR) is 98.8 cm³/mol. The molecule has 0 radical (unpaired) electrons. The minimum atomic E-state index is -4.11. The number of carbonyl (C=O) groups is 2. The Morgan fingerprint density at radius 1 is 1.21 bits per heavy atom. The maximum absolute atomic E-state index is 15.4. The number of likely N-dealkylation sites (tertiary alicyclic amines) is 2. The van der Waals surface area contributed by atoms with Gasteiger partial charge in [0.15, 0.2) is 5.67 Å². The van der Waals surface area contributed by atoms with Crippen LogP contribution in [0.5, 0.6) is 0 Å². The second-order valence-corrected chi connectivity index (χ2v) is 10.0. The van der Waals surface area contributed by atoms with E-state index in [-0.39, 0.29) is 31.7 Å². The Morgan fingerprint density at radius 3 is 2.31 bits per heavy atom. The molecule has 2 saturated heterocycles. The van der Waals surface area contributed by atoms with Gasteiger partial charge in [-0.3, -0.25) is 4.79 Å². The fourth-order valence-corrected chi connectivity index (χ4v) is 4.15. The van der Waals surface area contributed by atoms with Gasteiger partial charge in [-0.05, 0) is 39.0 Å². The third-order valence-corrected chi connectivity index (χ3v) is 5.87. The summed E-state index contributed by atoms with van der Waals surface area (Å²) in [4.78, 5) is 26.8. The van der Waals surface area contributed by atoms with Gasteiger partial charge in [0, 0.05) is 19.0 Å². The van der Waals surface area contributed by atoms with E-state index in [9.17, 15) is 22.4 Å². The molecule has 2 atom stereocenters. The van der Waals surface area contributed by atoms with Crippen molar-refractivity contribution in [3.8, 4) is 0 Å². The minimum Gasteiger partial charge on any atom is -0.444 e. The molecule has 8 nitrogen and oxygen atoms in total. The summed E-state index contributed by atoms with van der Waals surface area (Å²) < 4.78 is 57.5. The fraction of sp³-hybridized carbons (Fsp3) is 0.556. The molecule has 2 aliphatic heterocycles. The third kappa shape index (κ3) is 4.35. The lowest BCUT2D eigenvalue weighted by Gasteiger charge is -2.26. The smallest absolute Gasteiger partial charge is 0.410 e. The van der Waals surface area contributed by atoms with Gasteiger partial charge in [-0.1, -0.05) is 0 Å². The Morgan fingerprint density at radius 2 is 1.79 bits per heavy atom. The number of nitrogens with two attached hydrogens (primary N) is 1. The molecule has 160 valence electrons. The van der Waals surface area contributed by atoms with Crippen molar-refractivity contribution in [3.63, 3.8) is 0 Å². The Bertz CT molecular complexity index is 963. The van der Waals surface area contributed by atoms with Gasteiger partial charge in [-0.25, -0.2) is 27.1 Å². The number of primary sulfonamides is 1. The van der Waals surface area contributed by atoms with E-state index in [1.165, 1.54) is 9.80 Å². The van der Waals surface area contributed by atoms with Crippen LogP contribution in [0.3, 0.4) is 0 Å². The number of benzene rings is 1. The Balaban J connectivity index is 1.71. The van der Waals surface area contributed by atoms with Gasteiger partial charge in [0.1, 0.15) is 11.4 Å². The number of halogens is 2. The standard InChI is InChI=1S/C18H23F2N3O5S/c1-17(2,3)28-16(25)23-8-11-7-22(9-18(11,20)10-23)15(24)13-5-4-12(6-14(13)19)29(21,26)27/h4-6,11H,7-10H2,1-3H3,(H2,21,26,27)/t11-,18+/m1/s1. The highest BCUT2D eigenvalue weighted by Crippen LogP contribution is 2.39. The summed E-state index contributed by atoms with van der Waals surface area (Å²) in [6.07, 6.45) is -0.619. The van der Waals surface area contributed by atoms with Crippen LogP contribution < -0.4 is 5.14 Å². The first-order chi connectivity index (χ1) is 13.2. The number of alkyl halides is 1. The van der Waals surface area contributed by atoms with E-state index in [0.717, 1.165) is 12.1 Å². The Hall–Kier alpha value is -2.27. The number of sulfonamides is 1. The van der Waals surface area contributed by atoms with E-state index in [1.54, 1.807) is 20.8 Å². The molecule has 2 heterocycles. The summed E-state index contributed by atoms with van der Waals surface area (Å²) in [6.45, 7) is 4.71. The summed E-state index contributed by atoms with van der Waals surface area (Å²) >= 11 is 0. The topological polar surface area (TPSA) is 110 Å². The molecule has 0 spiro atoms. The van der Waals surface area contributed by atoms with Gasteiger partial charge in [0.2, 0.25) is 10.0 Å². The quantitative estimate of drug-likeness (QED) is 0.763. The molecule has 3 rings (SSSR count). The molecule has 0 aliphatic carbocycles. The number of ether oxygens (including phenoxy) is 1. The van der Waals surface area contributed by atoms with Crippen LogP contribution in [0.25, 0.3) is 0 Å². The van der Waals surface area contributed by atoms with Crippen LogP contribution in [0.4, 0.5) is 13.6 Å². The maximum Gasteiger partial charge on any atom is 0.410 e. The van der Waals surface area contributed by atoms with E-state index >= 15 is 4.39 Å². The second kappa shape index (κ2) is 6.91. The molecule has 0 bridgehead atoms. The zero-order chi connectivity index (χ0) is 21.8. The lowest BCUT2D eigenvalue weighted by molar-refractivity contribution is 0.0246. The molecular weight excluding hydrogens is 408 g/mol. The number of carbonyl (C=O) groups excluding carboxylic acids is 2. The largest absolute Gasteiger partial charge is 0.444 e. The van der Waals surface area contributed by atoms with Crippen LogP contribution in [0.15, 0.2) is 23.1 Å². The molecule has 0 saturated carbocycles. The molecule has 2 amide bonds. The number of fused-ring (bicyclic) bond motifs is 1. The molecule has 29 heavy (non-hydrogen) atoms. The summed E-state index contributed by atoms with van der Waals surface area (Å²) in [5.41, 5.74) is -2.89. The molecule has 2 N–H and O–H groups in total. The lowest BCUT2D eigenvalue weighted by atomic mass is 9.97. The first-order valence-corrected chi connectivity index (χ1v) is 10.5. The SMILES string of the molecule is CC(C)(C)OC(=O)N1C[C@H]2CN(C(=O)c3ccc(S(N)(=O)=O)cc3F)C[C@]2(F)C1. The highest BCUT2D eigenvalue weighted by Gasteiger charge is 2.56.